The molecule has 0 aliphatic carbocycles. The zero-order valence-corrected chi connectivity index (χ0v) is 14.0. The molecule has 1 aromatic rings. The van der Waals surface area contributed by atoms with Crippen LogP contribution in [-0.2, 0) is 10.5 Å². The fraction of sp³-hybridized carbons (Fsp3) is 0.357. The van der Waals surface area contributed by atoms with Crippen molar-refractivity contribution in [3.63, 3.8) is 0 Å². The first kappa shape index (κ1) is 18.7. The van der Waals surface area contributed by atoms with Crippen LogP contribution in [0, 0.1) is 0 Å². The summed E-state index contributed by atoms with van der Waals surface area (Å²) in [5.74, 6) is 1.36. The molecule has 1 aliphatic rings. The van der Waals surface area contributed by atoms with Crippen LogP contribution in [0.25, 0.3) is 0 Å². The van der Waals surface area contributed by atoms with Crippen molar-refractivity contribution in [3.05, 3.63) is 42.0 Å². The van der Waals surface area contributed by atoms with Crippen molar-refractivity contribution >= 4 is 27.3 Å². The molecule has 1 N–H and O–H groups in total. The lowest BCUT2D eigenvalue weighted by Gasteiger charge is -2.23. The summed E-state index contributed by atoms with van der Waals surface area (Å²) in [6.45, 7) is 4.68. The number of aliphatic imine (C=N–C) groups is 1. The highest BCUT2D eigenvalue weighted by Crippen LogP contribution is 2.33. The summed E-state index contributed by atoms with van der Waals surface area (Å²) in [6.07, 6.45) is 5.01. The van der Waals surface area contributed by atoms with E-state index in [0.29, 0.717) is 5.92 Å². The van der Waals surface area contributed by atoms with E-state index >= 15 is 0 Å². The zero-order chi connectivity index (χ0) is 16.8. The summed E-state index contributed by atoms with van der Waals surface area (Å²) in [6, 6.07) is 6.27. The molecule has 0 aromatic heterocycles. The van der Waals surface area contributed by atoms with Gasteiger partial charge in [-0.05, 0) is 30.4 Å². The molecule has 22 heavy (non-hydrogen) atoms. The van der Waals surface area contributed by atoms with Gasteiger partial charge in [-0.2, -0.15) is 8.42 Å². The Balaban J connectivity index is 0.000000422. The maximum atomic E-state index is 10.2. The number of halogens is 1. The molecule has 0 amide bonds. The highest BCUT2D eigenvalue weighted by molar-refractivity contribution is 8.13. The number of ether oxygens (including phenoxy) is 1. The van der Waals surface area contributed by atoms with Gasteiger partial charge in [0.25, 0.3) is 0 Å². The van der Waals surface area contributed by atoms with Crippen LogP contribution in [0.3, 0.4) is 0 Å². The Morgan fingerprint density at radius 1 is 1.59 bits per heavy atom. The summed E-state index contributed by atoms with van der Waals surface area (Å²) in [4.78, 5) is 4.64. The number of hydrogen-bond donors (Lipinski definition) is 1. The van der Waals surface area contributed by atoms with Crippen LogP contribution in [0.15, 0.2) is 35.8 Å². The minimum Gasteiger partial charge on any atom is -0.497 e. The van der Waals surface area contributed by atoms with Crippen LogP contribution < -0.4 is 4.74 Å². The Morgan fingerprint density at radius 3 is 2.73 bits per heavy atom. The molecule has 1 aliphatic heterocycles. The molecule has 0 saturated carbocycles. The van der Waals surface area contributed by atoms with E-state index in [2.05, 4.69) is 30.0 Å². The molecule has 122 valence electrons. The number of methoxy groups -OCH3 is 1. The van der Waals surface area contributed by atoms with Crippen molar-refractivity contribution in [1.82, 2.24) is 0 Å². The summed E-state index contributed by atoms with van der Waals surface area (Å²) < 4.78 is 39.4. The van der Waals surface area contributed by atoms with Crippen LogP contribution in [0.2, 0.25) is 0 Å². The molecule has 1 atom stereocenters. The van der Waals surface area contributed by atoms with E-state index in [1.807, 2.05) is 12.1 Å². The van der Waals surface area contributed by atoms with Gasteiger partial charge < -0.3 is 4.74 Å². The van der Waals surface area contributed by atoms with E-state index in [4.69, 9.17) is 17.7 Å². The first-order valence-corrected chi connectivity index (χ1v) is 8.91. The van der Waals surface area contributed by atoms with Crippen LogP contribution >= 0.6 is 11.8 Å². The monoisotopic (exact) mass is 347 g/mol. The first-order valence-electron chi connectivity index (χ1n) is 6.34. The van der Waals surface area contributed by atoms with Crippen molar-refractivity contribution in [2.75, 3.05) is 19.9 Å². The molecular weight excluding hydrogens is 329 g/mol. The number of nitrogens with zero attached hydrogens (tertiary/aromatic N) is 1. The molecule has 0 spiro atoms. The quantitative estimate of drug-likeness (QED) is 0.516. The standard InChI is InChI=1S/C14H17NOS.FHO3S/c1-4-5-10-9-15-14(17-3)13-8-11(16-2)6-7-12(10)13;1-5(2,3)4/h4,6-8,10H,1,5,9H2,2-3H3;(H,2,3,4). The number of hydrogen-bond acceptors (Lipinski definition) is 5. The number of allylic oxidation sites excluding steroid dienone is 1. The third kappa shape index (κ3) is 5.78. The molecule has 1 heterocycles. The van der Waals surface area contributed by atoms with Gasteiger partial charge in [-0.1, -0.05) is 16.0 Å². The molecule has 0 bridgehead atoms. The minimum atomic E-state index is -5.17. The van der Waals surface area contributed by atoms with Crippen molar-refractivity contribution in [3.8, 4) is 5.75 Å². The smallest absolute Gasteiger partial charge is 0.435 e. The molecule has 0 fully saturated rings. The normalized spacial score (nSPS) is 16.7. The average molecular weight is 347 g/mol. The first-order chi connectivity index (χ1) is 10.3. The van der Waals surface area contributed by atoms with Gasteiger partial charge in [-0.25, -0.2) is 0 Å². The van der Waals surface area contributed by atoms with Gasteiger partial charge in [0.2, 0.25) is 0 Å². The van der Waals surface area contributed by atoms with E-state index < -0.39 is 10.5 Å². The summed E-state index contributed by atoms with van der Waals surface area (Å²) >= 11 is 1.70. The Morgan fingerprint density at radius 2 is 2.23 bits per heavy atom. The zero-order valence-electron chi connectivity index (χ0n) is 12.3. The number of fused-ring (bicyclic) bond motifs is 1. The van der Waals surface area contributed by atoms with Crippen molar-refractivity contribution < 1.29 is 21.6 Å². The van der Waals surface area contributed by atoms with Crippen molar-refractivity contribution in [1.29, 1.82) is 0 Å². The average Bonchev–Trinajstić information content (AvgIpc) is 2.45. The maximum Gasteiger partial charge on any atom is 0.435 e. The van der Waals surface area contributed by atoms with E-state index in [9.17, 15) is 3.89 Å². The fourth-order valence-corrected chi connectivity index (χ4v) is 2.76. The highest BCUT2D eigenvalue weighted by atomic mass is 32.3. The molecule has 0 radical (unpaired) electrons. The Hall–Kier alpha value is -1.38. The largest absolute Gasteiger partial charge is 0.497 e. The highest BCUT2D eigenvalue weighted by Gasteiger charge is 2.21. The second kappa shape index (κ2) is 8.30. The van der Waals surface area contributed by atoms with E-state index in [1.54, 1.807) is 18.9 Å². The van der Waals surface area contributed by atoms with Crippen molar-refractivity contribution in [2.45, 2.75) is 12.3 Å². The van der Waals surface area contributed by atoms with Gasteiger partial charge in [0.15, 0.2) is 0 Å². The minimum absolute atomic E-state index is 0.462. The fourth-order valence-electron chi connectivity index (χ4n) is 2.16. The topological polar surface area (TPSA) is 76.0 Å². The lowest BCUT2D eigenvalue weighted by atomic mass is 9.90. The molecule has 0 saturated heterocycles. The van der Waals surface area contributed by atoms with Crippen molar-refractivity contribution in [2.24, 2.45) is 4.99 Å². The Labute approximate surface area is 134 Å². The second-order valence-electron chi connectivity index (χ2n) is 4.44. The van der Waals surface area contributed by atoms with Gasteiger partial charge in [0.1, 0.15) is 5.75 Å². The lowest BCUT2D eigenvalue weighted by molar-refractivity contribution is 0.414. The van der Waals surface area contributed by atoms with Crippen LogP contribution in [0.1, 0.15) is 23.5 Å². The Bertz CT molecular complexity index is 651. The van der Waals surface area contributed by atoms with Gasteiger partial charge >= 0.3 is 10.5 Å². The number of rotatable bonds is 3. The molecule has 5 nitrogen and oxygen atoms in total. The van der Waals surface area contributed by atoms with E-state index in [0.717, 1.165) is 23.8 Å². The van der Waals surface area contributed by atoms with Crippen LogP contribution in [0.5, 0.6) is 5.75 Å². The predicted molar refractivity (Wildman–Crippen MR) is 88.1 cm³/mol. The lowest BCUT2D eigenvalue weighted by Crippen LogP contribution is -2.15. The Kier molecular flexibility index (Phi) is 7.05. The van der Waals surface area contributed by atoms with Crippen LogP contribution in [-0.4, -0.2) is 37.9 Å². The summed E-state index contributed by atoms with van der Waals surface area (Å²) in [5.41, 5.74) is 2.58. The summed E-state index contributed by atoms with van der Waals surface area (Å²) in [5, 5.41) is 1.11. The predicted octanol–water partition coefficient (Wildman–Crippen LogP) is 3.24. The van der Waals surface area contributed by atoms with Gasteiger partial charge in [0.05, 0.1) is 12.2 Å². The maximum absolute atomic E-state index is 10.2. The molecule has 1 aromatic carbocycles. The third-order valence-corrected chi connectivity index (χ3v) is 3.77. The molecule has 2 rings (SSSR count). The molecule has 1 unspecified atom stereocenters. The van der Waals surface area contributed by atoms with Crippen LogP contribution in [0.4, 0.5) is 3.89 Å². The molecular formula is C14H18FNO4S2. The molecule has 8 heteroatoms. The van der Waals surface area contributed by atoms with E-state index in [1.165, 1.54) is 11.1 Å². The number of benzene rings is 1. The SMILES string of the molecule is C=CCC1CN=C(SC)c2cc(OC)ccc21.O=S(=O)(O)F. The second-order valence-corrected chi connectivity index (χ2v) is 6.06. The number of thioether (sulfide) groups is 1. The summed E-state index contributed by atoms with van der Waals surface area (Å²) in [7, 11) is -3.47. The van der Waals surface area contributed by atoms with Gasteiger partial charge in [0, 0.05) is 18.0 Å². The van der Waals surface area contributed by atoms with Gasteiger partial charge in [-0.15, -0.1) is 18.3 Å². The van der Waals surface area contributed by atoms with E-state index in [-0.39, 0.29) is 0 Å². The van der Waals surface area contributed by atoms with Gasteiger partial charge in [-0.3, -0.25) is 9.55 Å². The third-order valence-electron chi connectivity index (χ3n) is 3.03.